The Morgan fingerprint density at radius 2 is 2.05 bits per heavy atom. The topological polar surface area (TPSA) is 30.5 Å². The maximum absolute atomic E-state index is 5.46. The number of hydrogen-bond donors (Lipinski definition) is 1. The van der Waals surface area contributed by atoms with Crippen LogP contribution in [0.4, 0.5) is 0 Å². The SMILES string of the molecule is COc1ccc(OC)c(C(C)NCC2CCC(C)C2)c1. The number of benzene rings is 1. The molecule has 2 rings (SSSR count). The lowest BCUT2D eigenvalue weighted by Gasteiger charge is -2.20. The Morgan fingerprint density at radius 1 is 1.25 bits per heavy atom. The zero-order valence-corrected chi connectivity index (χ0v) is 13.1. The van der Waals surface area contributed by atoms with Crippen LogP contribution < -0.4 is 14.8 Å². The van der Waals surface area contributed by atoms with E-state index in [1.54, 1.807) is 14.2 Å². The highest BCUT2D eigenvalue weighted by Gasteiger charge is 2.22. The van der Waals surface area contributed by atoms with Gasteiger partial charge in [0.05, 0.1) is 14.2 Å². The maximum Gasteiger partial charge on any atom is 0.123 e. The van der Waals surface area contributed by atoms with E-state index in [0.29, 0.717) is 0 Å². The molecule has 1 aliphatic rings. The van der Waals surface area contributed by atoms with Crippen LogP contribution in [0.15, 0.2) is 18.2 Å². The van der Waals surface area contributed by atoms with E-state index in [9.17, 15) is 0 Å². The van der Waals surface area contributed by atoms with E-state index < -0.39 is 0 Å². The van der Waals surface area contributed by atoms with Gasteiger partial charge in [0, 0.05) is 11.6 Å². The van der Waals surface area contributed by atoms with Crippen LogP contribution >= 0.6 is 0 Å². The Balaban J connectivity index is 1.98. The first-order valence-corrected chi connectivity index (χ1v) is 7.59. The first kappa shape index (κ1) is 15.2. The molecule has 3 heteroatoms. The van der Waals surface area contributed by atoms with Crippen LogP contribution in [-0.4, -0.2) is 20.8 Å². The second kappa shape index (κ2) is 6.98. The van der Waals surface area contributed by atoms with Gasteiger partial charge >= 0.3 is 0 Å². The number of hydrogen-bond acceptors (Lipinski definition) is 3. The summed E-state index contributed by atoms with van der Waals surface area (Å²) in [7, 11) is 3.42. The maximum atomic E-state index is 5.46. The summed E-state index contributed by atoms with van der Waals surface area (Å²) < 4.78 is 10.8. The third-order valence-corrected chi connectivity index (χ3v) is 4.42. The number of methoxy groups -OCH3 is 2. The van der Waals surface area contributed by atoms with Crippen molar-refractivity contribution < 1.29 is 9.47 Å². The van der Waals surface area contributed by atoms with Crippen LogP contribution in [0.3, 0.4) is 0 Å². The summed E-state index contributed by atoms with van der Waals surface area (Å²) in [6.45, 7) is 5.63. The molecule has 3 unspecified atom stereocenters. The Bertz CT molecular complexity index is 433. The smallest absolute Gasteiger partial charge is 0.123 e. The van der Waals surface area contributed by atoms with Crippen molar-refractivity contribution in [2.75, 3.05) is 20.8 Å². The second-order valence-corrected chi connectivity index (χ2v) is 6.02. The van der Waals surface area contributed by atoms with E-state index in [2.05, 4.69) is 25.2 Å². The average Bonchev–Trinajstić information content (AvgIpc) is 2.89. The largest absolute Gasteiger partial charge is 0.497 e. The van der Waals surface area contributed by atoms with Crippen molar-refractivity contribution in [3.05, 3.63) is 23.8 Å². The van der Waals surface area contributed by atoms with Gasteiger partial charge in [0.2, 0.25) is 0 Å². The van der Waals surface area contributed by atoms with Gasteiger partial charge in [-0.1, -0.05) is 13.3 Å². The summed E-state index contributed by atoms with van der Waals surface area (Å²) in [6, 6.07) is 6.25. The molecule has 112 valence electrons. The normalized spacial score (nSPS) is 23.6. The highest BCUT2D eigenvalue weighted by Crippen LogP contribution is 2.32. The van der Waals surface area contributed by atoms with Gasteiger partial charge < -0.3 is 14.8 Å². The summed E-state index contributed by atoms with van der Waals surface area (Å²) in [5, 5.41) is 3.65. The molecular weight excluding hydrogens is 250 g/mol. The molecule has 1 saturated carbocycles. The van der Waals surface area contributed by atoms with Crippen LogP contribution in [0, 0.1) is 11.8 Å². The standard InChI is InChI=1S/C17H27NO2/c1-12-5-6-14(9-12)11-18-13(2)16-10-15(19-3)7-8-17(16)20-4/h7-8,10,12-14,18H,5-6,9,11H2,1-4H3. The minimum Gasteiger partial charge on any atom is -0.497 e. The van der Waals surface area contributed by atoms with E-state index in [1.165, 1.54) is 19.3 Å². The molecule has 1 aromatic carbocycles. The van der Waals surface area contributed by atoms with Crippen molar-refractivity contribution in [3.63, 3.8) is 0 Å². The summed E-state index contributed by atoms with van der Waals surface area (Å²) in [5.74, 6) is 3.52. The molecule has 1 N–H and O–H groups in total. The van der Waals surface area contributed by atoms with E-state index >= 15 is 0 Å². The third kappa shape index (κ3) is 3.66. The van der Waals surface area contributed by atoms with Gasteiger partial charge in [0.15, 0.2) is 0 Å². The van der Waals surface area contributed by atoms with Crippen LogP contribution in [0.1, 0.15) is 44.7 Å². The highest BCUT2D eigenvalue weighted by molar-refractivity contribution is 5.42. The van der Waals surface area contributed by atoms with Crippen molar-refractivity contribution in [2.45, 2.75) is 39.2 Å². The lowest BCUT2D eigenvalue weighted by atomic mass is 10.0. The third-order valence-electron chi connectivity index (χ3n) is 4.42. The zero-order valence-electron chi connectivity index (χ0n) is 13.1. The predicted molar refractivity (Wildman–Crippen MR) is 82.5 cm³/mol. The quantitative estimate of drug-likeness (QED) is 0.858. The molecule has 1 aromatic rings. The summed E-state index contributed by atoms with van der Waals surface area (Å²) in [4.78, 5) is 0. The fourth-order valence-corrected chi connectivity index (χ4v) is 3.14. The molecule has 0 heterocycles. The Hall–Kier alpha value is -1.22. The molecule has 0 aromatic heterocycles. The number of ether oxygens (including phenoxy) is 2. The fourth-order valence-electron chi connectivity index (χ4n) is 3.14. The molecule has 3 nitrogen and oxygen atoms in total. The molecule has 0 bridgehead atoms. The van der Waals surface area contributed by atoms with Gasteiger partial charge in [0.25, 0.3) is 0 Å². The fraction of sp³-hybridized carbons (Fsp3) is 0.647. The molecule has 0 radical (unpaired) electrons. The minimum absolute atomic E-state index is 0.274. The van der Waals surface area contributed by atoms with Crippen molar-refractivity contribution >= 4 is 0 Å². The summed E-state index contributed by atoms with van der Waals surface area (Å²) in [5.41, 5.74) is 1.16. The van der Waals surface area contributed by atoms with E-state index in [-0.39, 0.29) is 6.04 Å². The van der Waals surface area contributed by atoms with Crippen LogP contribution in [-0.2, 0) is 0 Å². The van der Waals surface area contributed by atoms with Crippen molar-refractivity contribution in [2.24, 2.45) is 11.8 Å². The lowest BCUT2D eigenvalue weighted by Crippen LogP contribution is -2.25. The molecule has 20 heavy (non-hydrogen) atoms. The van der Waals surface area contributed by atoms with Crippen molar-refractivity contribution in [1.29, 1.82) is 0 Å². The zero-order chi connectivity index (χ0) is 14.5. The molecule has 0 spiro atoms. The van der Waals surface area contributed by atoms with Crippen LogP contribution in [0.5, 0.6) is 11.5 Å². The van der Waals surface area contributed by atoms with Gasteiger partial charge in [-0.3, -0.25) is 0 Å². The van der Waals surface area contributed by atoms with Gasteiger partial charge in [-0.05, 0) is 56.3 Å². The Labute approximate surface area is 122 Å². The lowest BCUT2D eigenvalue weighted by molar-refractivity contribution is 0.385. The predicted octanol–water partition coefficient (Wildman–Crippen LogP) is 3.79. The molecule has 1 fully saturated rings. The van der Waals surface area contributed by atoms with Gasteiger partial charge in [-0.2, -0.15) is 0 Å². The van der Waals surface area contributed by atoms with Crippen LogP contribution in [0.2, 0.25) is 0 Å². The number of nitrogens with one attached hydrogen (secondary N) is 1. The average molecular weight is 277 g/mol. The molecule has 0 saturated heterocycles. The van der Waals surface area contributed by atoms with Crippen LogP contribution in [0.25, 0.3) is 0 Å². The molecule has 3 atom stereocenters. The monoisotopic (exact) mass is 277 g/mol. The van der Waals surface area contributed by atoms with Crippen molar-refractivity contribution in [1.82, 2.24) is 5.32 Å². The summed E-state index contributed by atoms with van der Waals surface area (Å²) >= 11 is 0. The molecular formula is C17H27NO2. The first-order valence-electron chi connectivity index (χ1n) is 7.59. The number of rotatable bonds is 6. The first-order chi connectivity index (χ1) is 9.63. The molecule has 0 amide bonds. The Morgan fingerprint density at radius 3 is 2.65 bits per heavy atom. The highest BCUT2D eigenvalue weighted by atomic mass is 16.5. The molecule has 0 aliphatic heterocycles. The van der Waals surface area contributed by atoms with Crippen molar-refractivity contribution in [3.8, 4) is 11.5 Å². The van der Waals surface area contributed by atoms with Gasteiger partial charge in [0.1, 0.15) is 11.5 Å². The van der Waals surface area contributed by atoms with Gasteiger partial charge in [-0.25, -0.2) is 0 Å². The molecule has 1 aliphatic carbocycles. The van der Waals surface area contributed by atoms with E-state index in [0.717, 1.165) is 35.4 Å². The van der Waals surface area contributed by atoms with Gasteiger partial charge in [-0.15, -0.1) is 0 Å². The summed E-state index contributed by atoms with van der Waals surface area (Å²) in [6.07, 6.45) is 4.09. The Kier molecular flexibility index (Phi) is 5.30. The second-order valence-electron chi connectivity index (χ2n) is 6.02. The van der Waals surface area contributed by atoms with E-state index in [4.69, 9.17) is 9.47 Å². The minimum atomic E-state index is 0.274. The van der Waals surface area contributed by atoms with E-state index in [1.807, 2.05) is 12.1 Å².